The topological polar surface area (TPSA) is 79.3 Å². The quantitative estimate of drug-likeness (QED) is 0.824. The first kappa shape index (κ1) is 14.9. The lowest BCUT2D eigenvalue weighted by Crippen LogP contribution is -2.36. The van der Waals surface area contributed by atoms with Crippen LogP contribution in [0.3, 0.4) is 0 Å². The first-order chi connectivity index (χ1) is 10.4. The molecule has 5 nitrogen and oxygen atoms in total. The molecule has 0 fully saturated rings. The summed E-state index contributed by atoms with van der Waals surface area (Å²) in [6.45, 7) is 1.86. The third-order valence-corrected chi connectivity index (χ3v) is 4.29. The molecule has 0 unspecified atom stereocenters. The fourth-order valence-corrected chi connectivity index (χ4v) is 3.23. The average molecular weight is 361 g/mol. The van der Waals surface area contributed by atoms with E-state index in [9.17, 15) is 14.7 Å². The highest BCUT2D eigenvalue weighted by atomic mass is 79.9. The predicted octanol–water partition coefficient (Wildman–Crippen LogP) is 2.57. The van der Waals surface area contributed by atoms with Crippen molar-refractivity contribution in [1.82, 2.24) is 4.98 Å². The van der Waals surface area contributed by atoms with Crippen molar-refractivity contribution in [3.63, 3.8) is 0 Å². The Morgan fingerprint density at radius 2 is 2.18 bits per heavy atom. The summed E-state index contributed by atoms with van der Waals surface area (Å²) >= 11 is 3.37. The molecular weight excluding hydrogens is 348 g/mol. The molecule has 0 bridgehead atoms. The van der Waals surface area contributed by atoms with Crippen LogP contribution in [-0.4, -0.2) is 21.8 Å². The molecule has 22 heavy (non-hydrogen) atoms. The SMILES string of the molecule is Cc1cc(Br)c2c(c1)[C@@](O)(CC(=O)c1ccccn1)C(=O)N2. The van der Waals surface area contributed by atoms with Gasteiger partial charge in [-0.05, 0) is 46.6 Å². The Bertz CT molecular complexity index is 776. The van der Waals surface area contributed by atoms with Gasteiger partial charge in [-0.15, -0.1) is 0 Å². The number of anilines is 1. The minimum absolute atomic E-state index is 0.226. The second kappa shape index (κ2) is 5.30. The van der Waals surface area contributed by atoms with Gasteiger partial charge < -0.3 is 10.4 Å². The zero-order chi connectivity index (χ0) is 15.9. The van der Waals surface area contributed by atoms with Crippen LogP contribution in [-0.2, 0) is 10.4 Å². The van der Waals surface area contributed by atoms with Crippen LogP contribution in [0, 0.1) is 6.92 Å². The molecule has 0 saturated heterocycles. The lowest BCUT2D eigenvalue weighted by Gasteiger charge is -2.20. The maximum Gasteiger partial charge on any atom is 0.261 e. The van der Waals surface area contributed by atoms with Crippen molar-refractivity contribution in [3.8, 4) is 0 Å². The summed E-state index contributed by atoms with van der Waals surface area (Å²) in [7, 11) is 0. The summed E-state index contributed by atoms with van der Waals surface area (Å²) in [6.07, 6.45) is 1.15. The summed E-state index contributed by atoms with van der Waals surface area (Å²) in [5.41, 5.74) is 0.147. The number of Topliss-reactive ketones (excluding diaryl/α,β-unsaturated/α-hetero) is 1. The maximum absolute atomic E-state index is 12.3. The molecule has 2 aromatic rings. The highest BCUT2D eigenvalue weighted by Gasteiger charge is 2.47. The monoisotopic (exact) mass is 360 g/mol. The molecule has 0 aliphatic carbocycles. The zero-order valence-electron chi connectivity index (χ0n) is 11.8. The summed E-state index contributed by atoms with van der Waals surface area (Å²) < 4.78 is 0.678. The van der Waals surface area contributed by atoms with E-state index >= 15 is 0 Å². The van der Waals surface area contributed by atoms with Crippen molar-refractivity contribution in [3.05, 3.63) is 57.8 Å². The van der Waals surface area contributed by atoms with Crippen LogP contribution in [0.25, 0.3) is 0 Å². The smallest absolute Gasteiger partial charge is 0.261 e. The van der Waals surface area contributed by atoms with E-state index in [2.05, 4.69) is 26.2 Å². The highest BCUT2D eigenvalue weighted by molar-refractivity contribution is 9.10. The normalized spacial score (nSPS) is 19.7. The molecule has 0 spiro atoms. The number of carbonyl (C=O) groups is 2. The number of ketones is 1. The molecule has 1 aliphatic heterocycles. The van der Waals surface area contributed by atoms with Crippen molar-refractivity contribution >= 4 is 33.3 Å². The standard InChI is InChI=1S/C16H13BrN2O3/c1-9-6-10-14(11(17)7-9)19-15(21)16(10,22)8-13(20)12-4-2-3-5-18-12/h2-7,22H,8H2,1H3,(H,19,21)/t16-/m0/s1. The molecule has 0 saturated carbocycles. The molecule has 0 radical (unpaired) electrons. The van der Waals surface area contributed by atoms with Gasteiger partial charge in [0.15, 0.2) is 11.4 Å². The van der Waals surface area contributed by atoms with E-state index in [1.54, 1.807) is 24.3 Å². The molecule has 1 aromatic carbocycles. The number of nitrogens with one attached hydrogen (secondary N) is 1. The van der Waals surface area contributed by atoms with Crippen LogP contribution in [0.1, 0.15) is 28.0 Å². The van der Waals surface area contributed by atoms with Gasteiger partial charge in [-0.1, -0.05) is 12.1 Å². The van der Waals surface area contributed by atoms with Gasteiger partial charge in [0.1, 0.15) is 5.69 Å². The molecule has 1 amide bonds. The molecule has 2 N–H and O–H groups in total. The van der Waals surface area contributed by atoms with Gasteiger partial charge in [-0.3, -0.25) is 14.6 Å². The molecule has 1 atom stereocenters. The number of aliphatic hydroxyl groups is 1. The van der Waals surface area contributed by atoms with Crippen LogP contribution in [0.4, 0.5) is 5.69 Å². The van der Waals surface area contributed by atoms with Crippen LogP contribution < -0.4 is 5.32 Å². The van der Waals surface area contributed by atoms with E-state index in [-0.39, 0.29) is 17.9 Å². The van der Waals surface area contributed by atoms with Crippen molar-refractivity contribution in [1.29, 1.82) is 0 Å². The minimum Gasteiger partial charge on any atom is -0.375 e. The minimum atomic E-state index is -1.88. The van der Waals surface area contributed by atoms with E-state index in [4.69, 9.17) is 0 Å². The first-order valence-electron chi connectivity index (χ1n) is 6.70. The Morgan fingerprint density at radius 3 is 2.86 bits per heavy atom. The highest BCUT2D eigenvalue weighted by Crippen LogP contribution is 2.43. The van der Waals surface area contributed by atoms with Crippen molar-refractivity contribution in [2.24, 2.45) is 0 Å². The number of carbonyl (C=O) groups excluding carboxylic acids is 2. The van der Waals surface area contributed by atoms with Crippen molar-refractivity contribution in [2.75, 3.05) is 5.32 Å². The fraction of sp³-hybridized carbons (Fsp3) is 0.188. The molecular formula is C16H13BrN2O3. The lowest BCUT2D eigenvalue weighted by molar-refractivity contribution is -0.133. The van der Waals surface area contributed by atoms with E-state index in [0.717, 1.165) is 5.56 Å². The van der Waals surface area contributed by atoms with Crippen LogP contribution >= 0.6 is 15.9 Å². The maximum atomic E-state index is 12.3. The fourth-order valence-electron chi connectivity index (χ4n) is 2.56. The third-order valence-electron chi connectivity index (χ3n) is 3.66. The Hall–Kier alpha value is -2.05. The first-order valence-corrected chi connectivity index (χ1v) is 7.50. The van der Waals surface area contributed by atoms with E-state index in [0.29, 0.717) is 15.7 Å². The summed E-state index contributed by atoms with van der Waals surface area (Å²) in [5, 5.41) is 13.4. The summed E-state index contributed by atoms with van der Waals surface area (Å²) in [4.78, 5) is 28.5. The second-order valence-electron chi connectivity index (χ2n) is 5.30. The van der Waals surface area contributed by atoms with Crippen LogP contribution in [0.5, 0.6) is 0 Å². The molecule has 2 heterocycles. The molecule has 1 aromatic heterocycles. The van der Waals surface area contributed by atoms with Crippen molar-refractivity contribution < 1.29 is 14.7 Å². The summed E-state index contributed by atoms with van der Waals surface area (Å²) in [5.74, 6) is -0.984. The van der Waals surface area contributed by atoms with Gasteiger partial charge >= 0.3 is 0 Å². The molecule has 1 aliphatic rings. The largest absolute Gasteiger partial charge is 0.375 e. The number of halogens is 1. The Morgan fingerprint density at radius 1 is 1.41 bits per heavy atom. The Balaban J connectivity index is 2.01. The number of pyridine rings is 1. The number of fused-ring (bicyclic) bond motifs is 1. The van der Waals surface area contributed by atoms with Gasteiger partial charge in [0.25, 0.3) is 5.91 Å². The van der Waals surface area contributed by atoms with Gasteiger partial charge in [0.05, 0.1) is 12.1 Å². The predicted molar refractivity (Wildman–Crippen MR) is 84.6 cm³/mol. The number of aryl methyl sites for hydroxylation is 1. The number of amides is 1. The second-order valence-corrected chi connectivity index (χ2v) is 6.15. The third kappa shape index (κ3) is 2.34. The number of hydrogen-bond acceptors (Lipinski definition) is 4. The number of hydrogen-bond donors (Lipinski definition) is 2. The van der Waals surface area contributed by atoms with Crippen LogP contribution in [0.2, 0.25) is 0 Å². The number of rotatable bonds is 3. The Labute approximate surface area is 135 Å². The molecule has 3 rings (SSSR count). The van der Waals surface area contributed by atoms with Gasteiger partial charge in [0, 0.05) is 16.2 Å². The molecule has 6 heteroatoms. The molecule has 112 valence electrons. The number of nitrogens with zero attached hydrogens (tertiary/aromatic N) is 1. The average Bonchev–Trinajstić information content (AvgIpc) is 2.73. The van der Waals surface area contributed by atoms with E-state index < -0.39 is 11.5 Å². The van der Waals surface area contributed by atoms with Crippen LogP contribution in [0.15, 0.2) is 41.0 Å². The van der Waals surface area contributed by atoms with Gasteiger partial charge in [-0.25, -0.2) is 0 Å². The lowest BCUT2D eigenvalue weighted by atomic mass is 9.88. The zero-order valence-corrected chi connectivity index (χ0v) is 13.3. The van der Waals surface area contributed by atoms with Gasteiger partial charge in [-0.2, -0.15) is 0 Å². The van der Waals surface area contributed by atoms with Crippen molar-refractivity contribution in [2.45, 2.75) is 18.9 Å². The number of benzene rings is 1. The Kier molecular flexibility index (Phi) is 3.58. The van der Waals surface area contributed by atoms with E-state index in [1.807, 2.05) is 13.0 Å². The number of aromatic nitrogens is 1. The van der Waals surface area contributed by atoms with E-state index in [1.165, 1.54) is 6.20 Å². The summed E-state index contributed by atoms with van der Waals surface area (Å²) in [6, 6.07) is 8.50. The van der Waals surface area contributed by atoms with Gasteiger partial charge in [0.2, 0.25) is 0 Å².